The molecule has 0 spiro atoms. The Morgan fingerprint density at radius 1 is 1.27 bits per heavy atom. The molecule has 0 amide bonds. The number of aromatic nitrogens is 1. The molecule has 0 aliphatic heterocycles. The van der Waals surface area contributed by atoms with E-state index in [1.54, 1.807) is 0 Å². The van der Waals surface area contributed by atoms with Gasteiger partial charge < -0.3 is 4.57 Å². The fraction of sp³-hybridized carbons (Fsp3) is 0.100. The first-order chi connectivity index (χ1) is 7.40. The van der Waals surface area contributed by atoms with Gasteiger partial charge in [-0.05, 0) is 5.56 Å². The van der Waals surface area contributed by atoms with E-state index < -0.39 is 0 Å². The molecule has 0 saturated carbocycles. The summed E-state index contributed by atoms with van der Waals surface area (Å²) >= 11 is 1.40. The number of rotatable bonds is 3. The normalized spacial score (nSPS) is 11.6. The highest BCUT2D eigenvalue weighted by Gasteiger charge is 1.96. The van der Waals surface area contributed by atoms with Crippen LogP contribution in [0.3, 0.4) is 0 Å². The van der Waals surface area contributed by atoms with Crippen LogP contribution in [-0.4, -0.2) is 4.57 Å². The average molecular weight is 219 g/mol. The van der Waals surface area contributed by atoms with Crippen molar-refractivity contribution in [1.29, 1.82) is 0 Å². The maximum absolute atomic E-state index is 10.1. The fourth-order valence-corrected chi connectivity index (χ4v) is 1.98. The van der Waals surface area contributed by atoms with E-state index in [0.717, 1.165) is 0 Å². The lowest BCUT2D eigenvalue weighted by Gasteiger charge is -2.01. The van der Waals surface area contributed by atoms with E-state index in [1.807, 2.05) is 46.5 Å². The third-order valence-corrected chi connectivity index (χ3v) is 2.77. The number of nitrogens with zero attached hydrogens (tertiary/aromatic N) is 3. The van der Waals surface area contributed by atoms with Crippen LogP contribution in [0.25, 0.3) is 0 Å². The fourth-order valence-electron chi connectivity index (χ4n) is 1.31. The van der Waals surface area contributed by atoms with Crippen LogP contribution in [-0.2, 0) is 6.54 Å². The molecule has 0 saturated heterocycles. The Labute approximate surface area is 90.5 Å². The lowest BCUT2D eigenvalue weighted by molar-refractivity contribution is 0.759. The number of benzene rings is 1. The molecule has 0 aliphatic carbocycles. The Morgan fingerprint density at radius 2 is 2.07 bits per heavy atom. The van der Waals surface area contributed by atoms with E-state index >= 15 is 0 Å². The number of nitroso groups, excluding NO2 is 1. The number of thiazole rings is 1. The van der Waals surface area contributed by atoms with Crippen LogP contribution in [0.2, 0.25) is 0 Å². The Balaban J connectivity index is 2.29. The molecule has 0 unspecified atom stereocenters. The van der Waals surface area contributed by atoms with Gasteiger partial charge in [0.05, 0.1) is 5.29 Å². The molecular formula is C10H9N3OS. The quantitative estimate of drug-likeness (QED) is 0.576. The van der Waals surface area contributed by atoms with Crippen LogP contribution in [0, 0.1) is 4.91 Å². The van der Waals surface area contributed by atoms with E-state index in [-0.39, 0.29) is 0 Å². The third-order valence-electron chi connectivity index (χ3n) is 1.98. The summed E-state index contributed by atoms with van der Waals surface area (Å²) in [5.41, 5.74) is 1.17. The molecule has 1 heterocycles. The first-order valence-corrected chi connectivity index (χ1v) is 5.32. The summed E-state index contributed by atoms with van der Waals surface area (Å²) in [4.78, 5) is 10.7. The summed E-state index contributed by atoms with van der Waals surface area (Å²) in [7, 11) is 0. The van der Waals surface area contributed by atoms with Gasteiger partial charge in [-0.1, -0.05) is 35.4 Å². The van der Waals surface area contributed by atoms with Gasteiger partial charge in [-0.2, -0.15) is 0 Å². The van der Waals surface area contributed by atoms with E-state index in [0.29, 0.717) is 11.3 Å². The molecule has 76 valence electrons. The molecule has 2 rings (SSSR count). The Hall–Kier alpha value is -1.75. The van der Waals surface area contributed by atoms with Crippen molar-refractivity contribution in [3.63, 3.8) is 0 Å². The zero-order valence-electron chi connectivity index (χ0n) is 7.91. The summed E-state index contributed by atoms with van der Waals surface area (Å²) in [5.74, 6) is 0. The van der Waals surface area contributed by atoms with Gasteiger partial charge in [-0.15, -0.1) is 16.2 Å². The van der Waals surface area contributed by atoms with Crippen molar-refractivity contribution >= 4 is 11.3 Å². The molecule has 2 aromatic rings. The van der Waals surface area contributed by atoms with Crippen molar-refractivity contribution in [3.8, 4) is 0 Å². The lowest BCUT2D eigenvalue weighted by Crippen LogP contribution is -2.13. The van der Waals surface area contributed by atoms with Crippen molar-refractivity contribution in [1.82, 2.24) is 4.57 Å². The standard InChI is InChI=1S/C10H9N3OS/c14-12-11-10-13(6-7-15-10)8-9-4-2-1-3-5-9/h1-7H,8H2. The predicted octanol–water partition coefficient (Wildman–Crippen LogP) is 2.18. The highest BCUT2D eigenvalue weighted by Crippen LogP contribution is 2.01. The first kappa shape index (κ1) is 9.79. The van der Waals surface area contributed by atoms with E-state index in [1.165, 1.54) is 16.9 Å². The zero-order valence-corrected chi connectivity index (χ0v) is 8.72. The van der Waals surface area contributed by atoms with Gasteiger partial charge in [0.1, 0.15) is 0 Å². The van der Waals surface area contributed by atoms with Gasteiger partial charge >= 0.3 is 0 Å². The molecule has 0 fully saturated rings. The second-order valence-corrected chi connectivity index (χ2v) is 3.85. The smallest absolute Gasteiger partial charge is 0.214 e. The Morgan fingerprint density at radius 3 is 2.80 bits per heavy atom. The molecular weight excluding hydrogens is 210 g/mol. The summed E-state index contributed by atoms with van der Waals surface area (Å²) in [6.07, 6.45) is 1.89. The van der Waals surface area contributed by atoms with E-state index in [2.05, 4.69) is 10.4 Å². The largest absolute Gasteiger partial charge is 0.318 e. The second-order valence-electron chi connectivity index (χ2n) is 2.98. The first-order valence-electron chi connectivity index (χ1n) is 4.44. The highest BCUT2D eigenvalue weighted by atomic mass is 32.1. The second kappa shape index (κ2) is 4.65. The Kier molecular flexibility index (Phi) is 3.04. The van der Waals surface area contributed by atoms with Gasteiger partial charge in [0.2, 0.25) is 4.80 Å². The van der Waals surface area contributed by atoms with E-state index in [4.69, 9.17) is 0 Å². The molecule has 1 aromatic heterocycles. The van der Waals surface area contributed by atoms with Crippen molar-refractivity contribution in [2.24, 2.45) is 10.4 Å². The molecule has 5 heteroatoms. The van der Waals surface area contributed by atoms with Crippen molar-refractivity contribution in [3.05, 3.63) is 57.2 Å². The third kappa shape index (κ3) is 2.38. The lowest BCUT2D eigenvalue weighted by atomic mass is 10.2. The highest BCUT2D eigenvalue weighted by molar-refractivity contribution is 7.07. The molecule has 0 bridgehead atoms. The van der Waals surface area contributed by atoms with Crippen molar-refractivity contribution < 1.29 is 0 Å². The topological polar surface area (TPSA) is 46.7 Å². The molecule has 15 heavy (non-hydrogen) atoms. The van der Waals surface area contributed by atoms with Gasteiger partial charge in [-0.3, -0.25) is 0 Å². The number of hydrogen-bond donors (Lipinski definition) is 0. The molecule has 1 aromatic carbocycles. The minimum absolute atomic E-state index is 0.619. The van der Waals surface area contributed by atoms with Crippen LogP contribution in [0.5, 0.6) is 0 Å². The van der Waals surface area contributed by atoms with Crippen LogP contribution in [0.15, 0.2) is 52.3 Å². The predicted molar refractivity (Wildman–Crippen MR) is 59.2 cm³/mol. The van der Waals surface area contributed by atoms with Crippen LogP contribution < -0.4 is 4.80 Å². The summed E-state index contributed by atoms with van der Waals surface area (Å²) in [6.45, 7) is 0.707. The maximum Gasteiger partial charge on any atom is 0.214 e. The van der Waals surface area contributed by atoms with Gasteiger partial charge in [0.25, 0.3) is 0 Å². The average Bonchev–Trinajstić information content (AvgIpc) is 2.68. The monoisotopic (exact) mass is 219 g/mol. The molecule has 0 N–H and O–H groups in total. The SMILES string of the molecule is O=NN=c1sccn1Cc1ccccc1. The maximum atomic E-state index is 10.1. The van der Waals surface area contributed by atoms with Crippen LogP contribution >= 0.6 is 11.3 Å². The summed E-state index contributed by atoms with van der Waals surface area (Å²) in [5, 5.41) is 7.94. The van der Waals surface area contributed by atoms with Crippen LogP contribution in [0.4, 0.5) is 0 Å². The minimum atomic E-state index is 0.619. The van der Waals surface area contributed by atoms with Gasteiger partial charge in [-0.25, -0.2) is 0 Å². The zero-order chi connectivity index (χ0) is 10.5. The van der Waals surface area contributed by atoms with E-state index in [9.17, 15) is 4.91 Å². The molecule has 0 aliphatic rings. The minimum Gasteiger partial charge on any atom is -0.318 e. The molecule has 4 nitrogen and oxygen atoms in total. The van der Waals surface area contributed by atoms with Crippen molar-refractivity contribution in [2.75, 3.05) is 0 Å². The van der Waals surface area contributed by atoms with Crippen molar-refractivity contribution in [2.45, 2.75) is 6.54 Å². The summed E-state index contributed by atoms with van der Waals surface area (Å²) < 4.78 is 1.89. The molecule has 0 atom stereocenters. The van der Waals surface area contributed by atoms with Gasteiger partial charge in [0, 0.05) is 18.1 Å². The summed E-state index contributed by atoms with van der Waals surface area (Å²) in [6, 6.07) is 10.00. The molecule has 0 radical (unpaired) electrons. The van der Waals surface area contributed by atoms with Gasteiger partial charge in [0.15, 0.2) is 0 Å². The van der Waals surface area contributed by atoms with Crippen LogP contribution in [0.1, 0.15) is 5.56 Å². The number of hydrogen-bond acceptors (Lipinski definition) is 3. The Bertz CT molecular complexity index is 501.